The maximum atomic E-state index is 12.2. The molecule has 0 aliphatic carbocycles. The molecule has 150 valence electrons. The number of benzene rings is 2. The lowest BCUT2D eigenvalue weighted by atomic mass is 10.1. The molecule has 0 radical (unpaired) electrons. The van der Waals surface area contributed by atoms with Gasteiger partial charge in [0.25, 0.3) is 5.91 Å². The van der Waals surface area contributed by atoms with Gasteiger partial charge < -0.3 is 9.47 Å². The van der Waals surface area contributed by atoms with E-state index in [9.17, 15) is 9.59 Å². The average molecular weight is 449 g/mol. The van der Waals surface area contributed by atoms with Crippen LogP contribution in [0.3, 0.4) is 0 Å². The van der Waals surface area contributed by atoms with E-state index in [-0.39, 0.29) is 12.3 Å². The summed E-state index contributed by atoms with van der Waals surface area (Å²) in [5.41, 5.74) is 7.89. The summed E-state index contributed by atoms with van der Waals surface area (Å²) in [5.74, 6) is 0.693. The summed E-state index contributed by atoms with van der Waals surface area (Å²) < 4.78 is 11.7. The molecule has 0 saturated heterocycles. The van der Waals surface area contributed by atoms with Gasteiger partial charge in [0.2, 0.25) is 5.91 Å². The molecule has 2 aromatic carbocycles. The number of aryl methyl sites for hydroxylation is 2. The number of rotatable bonds is 7. The van der Waals surface area contributed by atoms with E-state index in [0.717, 1.165) is 26.9 Å². The normalized spacial score (nSPS) is 11.5. The van der Waals surface area contributed by atoms with Gasteiger partial charge in [0.1, 0.15) is 11.5 Å². The molecule has 0 saturated carbocycles. The fourth-order valence-electron chi connectivity index (χ4n) is 2.51. The van der Waals surface area contributed by atoms with Crippen molar-refractivity contribution in [2.75, 3.05) is 7.11 Å². The van der Waals surface area contributed by atoms with E-state index in [1.165, 1.54) is 0 Å². The first-order valence-electron chi connectivity index (χ1n) is 8.95. The number of hydrogen-bond acceptors (Lipinski definition) is 4. The topological polar surface area (TPSA) is 76.7 Å². The Labute approximate surface area is 173 Å². The fraction of sp³-hybridized carbons (Fsp3) is 0.333. The van der Waals surface area contributed by atoms with Crippen molar-refractivity contribution in [2.45, 2.75) is 39.7 Å². The minimum atomic E-state index is -0.738. The number of hydrogen-bond donors (Lipinski definition) is 2. The maximum Gasteiger partial charge on any atom is 0.279 e. The summed E-state index contributed by atoms with van der Waals surface area (Å²) >= 11 is 3.42. The third-order valence-electron chi connectivity index (χ3n) is 4.41. The Morgan fingerprint density at radius 2 is 1.86 bits per heavy atom. The molecule has 6 nitrogen and oxygen atoms in total. The first-order chi connectivity index (χ1) is 13.3. The Balaban J connectivity index is 1.79. The molecule has 0 heterocycles. The van der Waals surface area contributed by atoms with Gasteiger partial charge in [-0.1, -0.05) is 18.2 Å². The summed E-state index contributed by atoms with van der Waals surface area (Å²) in [5, 5.41) is 0. The van der Waals surface area contributed by atoms with E-state index in [2.05, 4.69) is 26.8 Å². The number of hydrazine groups is 1. The van der Waals surface area contributed by atoms with E-state index in [1.54, 1.807) is 14.0 Å². The van der Waals surface area contributed by atoms with Crippen molar-refractivity contribution < 1.29 is 19.1 Å². The number of nitrogens with one attached hydrogen (secondary N) is 2. The molecule has 0 fully saturated rings. The molecule has 2 rings (SSSR count). The van der Waals surface area contributed by atoms with Crippen molar-refractivity contribution in [1.29, 1.82) is 0 Å². The summed E-state index contributed by atoms with van der Waals surface area (Å²) in [6, 6.07) is 11.3. The molecular weight excluding hydrogens is 424 g/mol. The summed E-state index contributed by atoms with van der Waals surface area (Å²) in [6.45, 7) is 5.56. The second-order valence-electron chi connectivity index (χ2n) is 6.46. The smallest absolute Gasteiger partial charge is 0.279 e. The highest BCUT2D eigenvalue weighted by Crippen LogP contribution is 2.26. The lowest BCUT2D eigenvalue weighted by Crippen LogP contribution is -2.47. The van der Waals surface area contributed by atoms with Crippen molar-refractivity contribution in [3.8, 4) is 11.5 Å². The van der Waals surface area contributed by atoms with E-state index in [1.807, 2.05) is 50.2 Å². The van der Waals surface area contributed by atoms with Crippen molar-refractivity contribution in [1.82, 2.24) is 10.9 Å². The zero-order valence-corrected chi connectivity index (χ0v) is 18.1. The molecule has 0 aliphatic heterocycles. The van der Waals surface area contributed by atoms with Crippen LogP contribution in [0.2, 0.25) is 0 Å². The van der Waals surface area contributed by atoms with E-state index in [0.29, 0.717) is 12.2 Å². The lowest BCUT2D eigenvalue weighted by Gasteiger charge is -2.17. The van der Waals surface area contributed by atoms with E-state index < -0.39 is 12.0 Å². The van der Waals surface area contributed by atoms with E-state index in [4.69, 9.17) is 9.47 Å². The van der Waals surface area contributed by atoms with Gasteiger partial charge in [-0.2, -0.15) is 0 Å². The molecular formula is C21H25BrN2O4. The molecule has 1 unspecified atom stereocenters. The van der Waals surface area contributed by atoms with Crippen LogP contribution < -0.4 is 20.3 Å². The number of amides is 2. The predicted octanol–water partition coefficient (Wildman–Crippen LogP) is 3.62. The maximum absolute atomic E-state index is 12.2. The third-order valence-corrected chi connectivity index (χ3v) is 5.03. The zero-order chi connectivity index (χ0) is 20.7. The average Bonchev–Trinajstić information content (AvgIpc) is 2.68. The Morgan fingerprint density at radius 3 is 2.54 bits per heavy atom. The Kier molecular flexibility index (Phi) is 7.87. The van der Waals surface area contributed by atoms with Crippen molar-refractivity contribution in [3.05, 3.63) is 57.6 Å². The largest absolute Gasteiger partial charge is 0.496 e. The monoisotopic (exact) mass is 448 g/mol. The van der Waals surface area contributed by atoms with Crippen molar-refractivity contribution in [3.63, 3.8) is 0 Å². The predicted molar refractivity (Wildman–Crippen MR) is 111 cm³/mol. The van der Waals surface area contributed by atoms with Crippen LogP contribution in [0.1, 0.15) is 30.0 Å². The number of methoxy groups -OCH3 is 1. The Morgan fingerprint density at radius 1 is 1.11 bits per heavy atom. The number of halogens is 1. The van der Waals surface area contributed by atoms with Crippen LogP contribution in [0.25, 0.3) is 0 Å². The van der Waals surface area contributed by atoms with Crippen molar-refractivity contribution >= 4 is 27.7 Å². The first kappa shape index (κ1) is 21.8. The number of ether oxygens (including phenoxy) is 2. The summed E-state index contributed by atoms with van der Waals surface area (Å²) in [4.78, 5) is 24.2. The molecule has 7 heteroatoms. The highest BCUT2D eigenvalue weighted by molar-refractivity contribution is 9.10. The number of carbonyl (C=O) groups is 2. The summed E-state index contributed by atoms with van der Waals surface area (Å²) in [7, 11) is 1.60. The Hall–Kier alpha value is -2.54. The minimum absolute atomic E-state index is 0.241. The van der Waals surface area contributed by atoms with Crippen LogP contribution in [0.5, 0.6) is 11.5 Å². The quantitative estimate of drug-likeness (QED) is 0.634. The molecule has 0 aromatic heterocycles. The zero-order valence-electron chi connectivity index (χ0n) is 16.5. The highest BCUT2D eigenvalue weighted by Gasteiger charge is 2.16. The van der Waals surface area contributed by atoms with Gasteiger partial charge in [-0.25, -0.2) is 0 Å². The van der Waals surface area contributed by atoms with Crippen LogP contribution >= 0.6 is 15.9 Å². The fourth-order valence-corrected chi connectivity index (χ4v) is 3.10. The Bertz CT molecular complexity index is 854. The third kappa shape index (κ3) is 5.99. The first-order valence-corrected chi connectivity index (χ1v) is 9.75. The van der Waals surface area contributed by atoms with Gasteiger partial charge >= 0.3 is 0 Å². The van der Waals surface area contributed by atoms with Gasteiger partial charge in [0, 0.05) is 6.42 Å². The molecule has 0 bridgehead atoms. The van der Waals surface area contributed by atoms with Gasteiger partial charge in [0.15, 0.2) is 6.10 Å². The molecule has 0 aliphatic rings. The van der Waals surface area contributed by atoms with E-state index >= 15 is 0 Å². The molecule has 2 aromatic rings. The molecule has 28 heavy (non-hydrogen) atoms. The van der Waals surface area contributed by atoms with Crippen molar-refractivity contribution in [2.24, 2.45) is 0 Å². The van der Waals surface area contributed by atoms with Gasteiger partial charge in [-0.3, -0.25) is 20.4 Å². The summed E-state index contributed by atoms with van der Waals surface area (Å²) in [6.07, 6.45) is 0.0442. The van der Waals surface area contributed by atoms with Crippen LogP contribution in [0.15, 0.2) is 40.9 Å². The van der Waals surface area contributed by atoms with Gasteiger partial charge in [-0.15, -0.1) is 0 Å². The van der Waals surface area contributed by atoms with Gasteiger partial charge in [0.05, 0.1) is 11.6 Å². The second kappa shape index (κ2) is 10.1. The lowest BCUT2D eigenvalue weighted by molar-refractivity contribution is -0.132. The number of carbonyl (C=O) groups excluding carboxylic acids is 2. The highest BCUT2D eigenvalue weighted by atomic mass is 79.9. The van der Waals surface area contributed by atoms with Crippen LogP contribution in [0.4, 0.5) is 0 Å². The van der Waals surface area contributed by atoms with Crippen LogP contribution in [-0.4, -0.2) is 25.0 Å². The molecule has 2 amide bonds. The molecule has 2 N–H and O–H groups in total. The second-order valence-corrected chi connectivity index (χ2v) is 7.32. The SMILES string of the molecule is COc1ccc(CCC(=O)NNC(=O)C(C)Oc2cccc(C)c2C)cc1Br. The standard InChI is InChI=1S/C21H25BrN2O4/c1-13-6-5-7-18(14(13)2)28-15(3)21(26)24-23-20(25)11-9-16-8-10-19(27-4)17(22)12-16/h5-8,10,12,15H,9,11H2,1-4H3,(H,23,25)(H,24,26). The molecule has 1 atom stereocenters. The van der Waals surface area contributed by atoms with Crippen LogP contribution in [-0.2, 0) is 16.0 Å². The van der Waals surface area contributed by atoms with Gasteiger partial charge in [-0.05, 0) is 78.0 Å². The molecule has 0 spiro atoms. The van der Waals surface area contributed by atoms with Crippen LogP contribution in [0, 0.1) is 13.8 Å². The minimum Gasteiger partial charge on any atom is -0.496 e.